The number of ether oxygens (including phenoxy) is 1. The molecule has 2 N–H and O–H groups in total. The maximum atomic E-state index is 13.1. The van der Waals surface area contributed by atoms with Gasteiger partial charge in [-0.25, -0.2) is 18.3 Å². The number of urea groups is 1. The third-order valence-electron chi connectivity index (χ3n) is 4.42. The minimum atomic E-state index is -0.977. The molecule has 29 heavy (non-hydrogen) atoms. The van der Waals surface area contributed by atoms with E-state index in [1.54, 1.807) is 0 Å². The summed E-state index contributed by atoms with van der Waals surface area (Å²) in [6.45, 7) is 4.53. The molecule has 0 bridgehead atoms. The number of benzene rings is 2. The molecule has 0 radical (unpaired) electrons. The minimum absolute atomic E-state index is 0.127. The van der Waals surface area contributed by atoms with E-state index in [9.17, 15) is 13.6 Å². The van der Waals surface area contributed by atoms with Crippen LogP contribution in [-0.4, -0.2) is 29.0 Å². The van der Waals surface area contributed by atoms with E-state index in [4.69, 9.17) is 4.74 Å². The van der Waals surface area contributed by atoms with Crippen molar-refractivity contribution < 1.29 is 18.3 Å². The Labute approximate surface area is 167 Å². The first kappa shape index (κ1) is 20.3. The second kappa shape index (κ2) is 9.18. The van der Waals surface area contributed by atoms with E-state index in [1.807, 2.05) is 48.9 Å². The second-order valence-electron chi connectivity index (χ2n) is 6.43. The lowest BCUT2D eigenvalue weighted by atomic mass is 10.2. The van der Waals surface area contributed by atoms with Crippen molar-refractivity contribution in [2.24, 2.45) is 0 Å². The molecule has 0 aliphatic heterocycles. The van der Waals surface area contributed by atoms with Crippen LogP contribution in [0.25, 0.3) is 5.69 Å². The largest absolute Gasteiger partial charge is 0.492 e. The molecule has 6 nitrogen and oxygen atoms in total. The Morgan fingerprint density at radius 3 is 2.55 bits per heavy atom. The van der Waals surface area contributed by atoms with Crippen LogP contribution in [-0.2, 0) is 6.54 Å². The molecule has 0 saturated heterocycles. The maximum absolute atomic E-state index is 13.1. The molecule has 0 aliphatic rings. The number of amides is 2. The number of hydrogen-bond acceptors (Lipinski definition) is 3. The van der Waals surface area contributed by atoms with Gasteiger partial charge in [0.05, 0.1) is 17.9 Å². The van der Waals surface area contributed by atoms with Gasteiger partial charge in [0, 0.05) is 23.9 Å². The van der Waals surface area contributed by atoms with E-state index >= 15 is 0 Å². The molecular weight excluding hydrogens is 378 g/mol. The number of halogens is 2. The Kier molecular flexibility index (Phi) is 6.43. The minimum Gasteiger partial charge on any atom is -0.492 e. The number of hydrogen-bond donors (Lipinski definition) is 2. The fraction of sp³-hybridized carbons (Fsp3) is 0.238. The van der Waals surface area contributed by atoms with Gasteiger partial charge < -0.3 is 15.4 Å². The summed E-state index contributed by atoms with van der Waals surface area (Å²) in [7, 11) is 0. The highest BCUT2D eigenvalue weighted by molar-refractivity contribution is 5.73. The molecule has 0 atom stereocenters. The number of carbonyl (C=O) groups is 1. The average molecular weight is 400 g/mol. The van der Waals surface area contributed by atoms with E-state index in [-0.39, 0.29) is 24.9 Å². The number of nitrogens with zero attached hydrogens (tertiary/aromatic N) is 2. The van der Waals surface area contributed by atoms with Gasteiger partial charge >= 0.3 is 6.03 Å². The van der Waals surface area contributed by atoms with Crippen molar-refractivity contribution in [3.63, 3.8) is 0 Å². The second-order valence-corrected chi connectivity index (χ2v) is 6.43. The number of aromatic nitrogens is 2. The maximum Gasteiger partial charge on any atom is 0.315 e. The van der Waals surface area contributed by atoms with Crippen LogP contribution in [0.1, 0.15) is 17.0 Å². The molecule has 152 valence electrons. The molecule has 3 aromatic rings. The lowest BCUT2D eigenvalue weighted by Crippen LogP contribution is -2.37. The van der Waals surface area contributed by atoms with E-state index < -0.39 is 11.6 Å². The van der Waals surface area contributed by atoms with Gasteiger partial charge in [0.2, 0.25) is 0 Å². The highest BCUT2D eigenvalue weighted by atomic mass is 19.2. The van der Waals surface area contributed by atoms with Gasteiger partial charge in [-0.2, -0.15) is 5.10 Å². The molecule has 0 unspecified atom stereocenters. The van der Waals surface area contributed by atoms with Crippen LogP contribution in [0.2, 0.25) is 0 Å². The van der Waals surface area contributed by atoms with Crippen molar-refractivity contribution >= 4 is 6.03 Å². The normalized spacial score (nSPS) is 10.6. The van der Waals surface area contributed by atoms with E-state index in [2.05, 4.69) is 15.7 Å². The van der Waals surface area contributed by atoms with E-state index in [0.29, 0.717) is 6.54 Å². The monoisotopic (exact) mass is 400 g/mol. The molecule has 1 aromatic heterocycles. The molecule has 0 fully saturated rings. The van der Waals surface area contributed by atoms with Gasteiger partial charge in [0.1, 0.15) is 12.4 Å². The van der Waals surface area contributed by atoms with Crippen LogP contribution < -0.4 is 15.4 Å². The summed E-state index contributed by atoms with van der Waals surface area (Å²) >= 11 is 0. The SMILES string of the molecule is Cc1nn(-c2ccccc2)c(C)c1CNC(=O)NCCOc1ccc(F)c(F)c1. The van der Waals surface area contributed by atoms with Crippen molar-refractivity contribution in [3.05, 3.63) is 77.1 Å². The fourth-order valence-electron chi connectivity index (χ4n) is 2.88. The van der Waals surface area contributed by atoms with Crippen LogP contribution >= 0.6 is 0 Å². The van der Waals surface area contributed by atoms with Crippen LogP contribution in [0, 0.1) is 25.5 Å². The lowest BCUT2D eigenvalue weighted by molar-refractivity contribution is 0.236. The summed E-state index contributed by atoms with van der Waals surface area (Å²) < 4.78 is 33.1. The first-order chi connectivity index (χ1) is 14.0. The summed E-state index contributed by atoms with van der Waals surface area (Å²) in [5, 5.41) is 10.00. The van der Waals surface area contributed by atoms with Gasteiger partial charge in [-0.05, 0) is 38.1 Å². The fourth-order valence-corrected chi connectivity index (χ4v) is 2.88. The summed E-state index contributed by atoms with van der Waals surface area (Å²) in [5.74, 6) is -1.71. The van der Waals surface area contributed by atoms with Crippen molar-refractivity contribution in [1.82, 2.24) is 20.4 Å². The molecular formula is C21H22F2N4O2. The van der Waals surface area contributed by atoms with E-state index in [0.717, 1.165) is 34.8 Å². The third-order valence-corrected chi connectivity index (χ3v) is 4.42. The Morgan fingerprint density at radius 1 is 1.07 bits per heavy atom. The Bertz CT molecular complexity index is 990. The van der Waals surface area contributed by atoms with Crippen LogP contribution in [0.3, 0.4) is 0 Å². The summed E-state index contributed by atoms with van der Waals surface area (Å²) in [6, 6.07) is 12.7. The molecule has 8 heteroatoms. The van der Waals surface area contributed by atoms with Crippen molar-refractivity contribution in [3.8, 4) is 11.4 Å². The zero-order valence-electron chi connectivity index (χ0n) is 16.2. The molecule has 0 aliphatic carbocycles. The number of para-hydroxylation sites is 1. The molecule has 1 heterocycles. The molecule has 0 saturated carbocycles. The van der Waals surface area contributed by atoms with Crippen LogP contribution in [0.15, 0.2) is 48.5 Å². The first-order valence-electron chi connectivity index (χ1n) is 9.16. The van der Waals surface area contributed by atoms with Crippen LogP contribution in [0.4, 0.5) is 13.6 Å². The topological polar surface area (TPSA) is 68.2 Å². The van der Waals surface area contributed by atoms with Gasteiger partial charge in [-0.3, -0.25) is 0 Å². The van der Waals surface area contributed by atoms with Crippen molar-refractivity contribution in [2.75, 3.05) is 13.2 Å². The number of rotatable bonds is 7. The summed E-state index contributed by atoms with van der Waals surface area (Å²) in [4.78, 5) is 12.0. The Hall–Kier alpha value is -3.42. The van der Waals surface area contributed by atoms with Gasteiger partial charge in [0.15, 0.2) is 11.6 Å². The van der Waals surface area contributed by atoms with Gasteiger partial charge in [-0.1, -0.05) is 18.2 Å². The lowest BCUT2D eigenvalue weighted by Gasteiger charge is -2.10. The molecule has 3 rings (SSSR count). The quantitative estimate of drug-likeness (QED) is 0.595. The third kappa shape index (κ3) is 5.10. The van der Waals surface area contributed by atoms with E-state index in [1.165, 1.54) is 6.07 Å². The Morgan fingerprint density at radius 2 is 1.83 bits per heavy atom. The average Bonchev–Trinajstić information content (AvgIpc) is 3.00. The predicted octanol–water partition coefficient (Wildman–Crippen LogP) is 3.65. The molecule has 0 spiro atoms. The van der Waals surface area contributed by atoms with Gasteiger partial charge in [-0.15, -0.1) is 0 Å². The smallest absolute Gasteiger partial charge is 0.315 e. The Balaban J connectivity index is 1.47. The number of aryl methyl sites for hydroxylation is 1. The zero-order valence-corrected chi connectivity index (χ0v) is 16.2. The van der Waals surface area contributed by atoms with Crippen molar-refractivity contribution in [2.45, 2.75) is 20.4 Å². The highest BCUT2D eigenvalue weighted by Gasteiger charge is 2.13. The summed E-state index contributed by atoms with van der Waals surface area (Å²) in [5.41, 5.74) is 3.70. The molecule has 2 aromatic carbocycles. The molecule has 2 amide bonds. The first-order valence-corrected chi connectivity index (χ1v) is 9.16. The number of nitrogens with one attached hydrogen (secondary N) is 2. The highest BCUT2D eigenvalue weighted by Crippen LogP contribution is 2.17. The number of carbonyl (C=O) groups excluding carboxylic acids is 1. The van der Waals surface area contributed by atoms with Gasteiger partial charge in [0.25, 0.3) is 0 Å². The van der Waals surface area contributed by atoms with Crippen LogP contribution in [0.5, 0.6) is 5.75 Å². The standard InChI is InChI=1S/C21H22F2N4O2/c1-14-18(15(2)27(26-14)16-6-4-3-5-7-16)13-25-21(28)24-10-11-29-17-8-9-19(22)20(23)12-17/h3-9,12H,10-11,13H2,1-2H3,(H2,24,25,28). The zero-order chi connectivity index (χ0) is 20.8. The van der Waals surface area contributed by atoms with Crippen molar-refractivity contribution in [1.29, 1.82) is 0 Å². The predicted molar refractivity (Wildman–Crippen MR) is 105 cm³/mol. The summed E-state index contributed by atoms with van der Waals surface area (Å²) in [6.07, 6.45) is 0.